The van der Waals surface area contributed by atoms with Gasteiger partial charge in [0.2, 0.25) is 11.7 Å². The molecule has 0 saturated heterocycles. The molecule has 3 rings (SSSR count). The van der Waals surface area contributed by atoms with Gasteiger partial charge in [-0.3, -0.25) is 4.79 Å². The van der Waals surface area contributed by atoms with E-state index in [1.807, 2.05) is 13.8 Å². The van der Waals surface area contributed by atoms with Crippen LogP contribution in [-0.4, -0.2) is 52.5 Å². The van der Waals surface area contributed by atoms with E-state index in [-0.39, 0.29) is 23.9 Å². The minimum Gasteiger partial charge on any atom is -0.365 e. The summed E-state index contributed by atoms with van der Waals surface area (Å²) in [6, 6.07) is 3.83. The van der Waals surface area contributed by atoms with Crippen molar-refractivity contribution in [1.82, 2.24) is 19.8 Å². The van der Waals surface area contributed by atoms with Gasteiger partial charge >= 0.3 is 6.18 Å². The van der Waals surface area contributed by atoms with E-state index < -0.39 is 29.9 Å². The van der Waals surface area contributed by atoms with Crippen LogP contribution in [0.4, 0.5) is 32.2 Å². The van der Waals surface area contributed by atoms with E-state index in [1.54, 1.807) is 11.9 Å². The number of fused-ring (bicyclic) bond motifs is 1. The van der Waals surface area contributed by atoms with Crippen molar-refractivity contribution < 1.29 is 31.1 Å². The van der Waals surface area contributed by atoms with Crippen molar-refractivity contribution in [2.75, 3.05) is 25.5 Å². The molecule has 41 heavy (non-hydrogen) atoms. The number of halogens is 7. The van der Waals surface area contributed by atoms with Crippen LogP contribution >= 0.6 is 11.6 Å². The third-order valence-electron chi connectivity index (χ3n) is 6.56. The Balaban J connectivity index is 0.000000429. The van der Waals surface area contributed by atoms with Gasteiger partial charge in [-0.25, -0.2) is 23.1 Å². The fourth-order valence-corrected chi connectivity index (χ4v) is 4.05. The number of alkyl halides is 5. The molecule has 2 unspecified atom stereocenters. The molecule has 0 radical (unpaired) electrons. The maximum atomic E-state index is 14.1. The summed E-state index contributed by atoms with van der Waals surface area (Å²) in [4.78, 5) is 22.3. The molecule has 2 aromatic rings. The summed E-state index contributed by atoms with van der Waals surface area (Å²) in [6.07, 6.45) is -4.21. The van der Waals surface area contributed by atoms with Gasteiger partial charge in [0.1, 0.15) is 11.6 Å². The summed E-state index contributed by atoms with van der Waals surface area (Å²) in [5.74, 6) is -1.24. The summed E-state index contributed by atoms with van der Waals surface area (Å²) in [5, 5.41) is 2.88. The fraction of sp³-hybridized carbons (Fsp3) is 0.607. The van der Waals surface area contributed by atoms with Crippen molar-refractivity contribution >= 4 is 23.8 Å². The lowest BCUT2D eigenvalue weighted by molar-refractivity contribution is -0.173. The third-order valence-corrected chi connectivity index (χ3v) is 6.73. The number of anilines is 1. The molecule has 0 bridgehead atoms. The van der Waals surface area contributed by atoms with Crippen molar-refractivity contribution in [3.8, 4) is 0 Å². The normalized spacial score (nSPS) is 14.1. The minimum absolute atomic E-state index is 0.00852. The van der Waals surface area contributed by atoms with Crippen molar-refractivity contribution in [2.24, 2.45) is 11.8 Å². The molecule has 2 atom stereocenters. The number of carbonyl (C=O) groups excluding carboxylic acids is 1. The first-order valence-electron chi connectivity index (χ1n) is 13.6. The molecule has 1 N–H and O–H groups in total. The second-order valence-corrected chi connectivity index (χ2v) is 10.1. The van der Waals surface area contributed by atoms with Crippen LogP contribution in [0.3, 0.4) is 0 Å². The number of amides is 1. The highest BCUT2D eigenvalue weighted by molar-refractivity contribution is 6.28. The lowest BCUT2D eigenvalue weighted by Gasteiger charge is -2.24. The van der Waals surface area contributed by atoms with Gasteiger partial charge in [-0.05, 0) is 37.5 Å². The monoisotopic (exact) mass is 611 g/mol. The molecule has 6 nitrogen and oxygen atoms in total. The Morgan fingerprint density at radius 1 is 1.17 bits per heavy atom. The van der Waals surface area contributed by atoms with Gasteiger partial charge in [0.15, 0.2) is 0 Å². The van der Waals surface area contributed by atoms with E-state index in [0.29, 0.717) is 42.5 Å². The number of nitrogens with zero attached hydrogens (tertiary/aromatic N) is 4. The highest BCUT2D eigenvalue weighted by atomic mass is 35.5. The first-order valence-corrected chi connectivity index (χ1v) is 13.9. The Bertz CT molecular complexity index is 1090. The van der Waals surface area contributed by atoms with E-state index in [9.17, 15) is 31.1 Å². The van der Waals surface area contributed by atoms with Crippen LogP contribution in [0.2, 0.25) is 5.28 Å². The average molecular weight is 612 g/mol. The molecule has 1 aliphatic heterocycles. The van der Waals surface area contributed by atoms with Crippen LogP contribution in [0.1, 0.15) is 76.3 Å². The van der Waals surface area contributed by atoms with E-state index in [4.69, 9.17) is 11.6 Å². The molecule has 13 heteroatoms. The number of hydrogen-bond donors (Lipinski definition) is 1. The molecular formula is C28H40ClF6N5O. The zero-order chi connectivity index (χ0) is 31.3. The molecule has 1 aliphatic rings. The summed E-state index contributed by atoms with van der Waals surface area (Å²) in [5.41, 5.74) is 0.720. The summed E-state index contributed by atoms with van der Waals surface area (Å²) >= 11 is 5.86. The van der Waals surface area contributed by atoms with Crippen molar-refractivity contribution in [3.63, 3.8) is 0 Å². The van der Waals surface area contributed by atoms with E-state index in [0.717, 1.165) is 25.5 Å². The molecule has 1 aromatic carbocycles. The fourth-order valence-electron chi connectivity index (χ4n) is 3.86. The first-order chi connectivity index (χ1) is 19.3. The van der Waals surface area contributed by atoms with Crippen molar-refractivity contribution in [1.29, 1.82) is 0 Å². The Morgan fingerprint density at radius 3 is 2.39 bits per heavy atom. The SMILES string of the molecule is CC.CCC(C)CCN(C)CC(C)C(F)(F)F.O=CN1Cc2nc(Cl)nc(NCc3cccc(C(F)F)c3F)c2C1. The molecule has 232 valence electrons. The van der Waals surface area contributed by atoms with E-state index >= 15 is 0 Å². The van der Waals surface area contributed by atoms with Crippen LogP contribution in [-0.2, 0) is 24.4 Å². The first kappa shape index (κ1) is 36.4. The molecule has 1 aromatic heterocycles. The smallest absolute Gasteiger partial charge is 0.365 e. The molecular weight excluding hydrogens is 572 g/mol. The molecule has 1 amide bonds. The number of nitrogens with one attached hydrogen (secondary N) is 1. The second kappa shape index (κ2) is 17.4. The lowest BCUT2D eigenvalue weighted by Crippen LogP contribution is -2.33. The highest BCUT2D eigenvalue weighted by Gasteiger charge is 2.36. The van der Waals surface area contributed by atoms with E-state index in [1.165, 1.54) is 24.0 Å². The molecule has 0 fully saturated rings. The number of carbonyl (C=O) groups is 1. The average Bonchev–Trinajstić information content (AvgIpc) is 3.35. The van der Waals surface area contributed by atoms with Crippen LogP contribution in [0, 0.1) is 17.7 Å². The molecule has 0 spiro atoms. The van der Waals surface area contributed by atoms with Crippen molar-refractivity contribution in [2.45, 2.75) is 79.7 Å². The largest absolute Gasteiger partial charge is 0.392 e. The maximum Gasteiger partial charge on any atom is 0.392 e. The summed E-state index contributed by atoms with van der Waals surface area (Å²) in [7, 11) is 1.75. The predicted molar refractivity (Wildman–Crippen MR) is 149 cm³/mol. The molecule has 2 heterocycles. The third kappa shape index (κ3) is 11.7. The molecule has 0 aliphatic carbocycles. The Kier molecular flexibility index (Phi) is 15.4. The van der Waals surface area contributed by atoms with Gasteiger partial charge < -0.3 is 15.1 Å². The van der Waals surface area contributed by atoms with E-state index in [2.05, 4.69) is 29.1 Å². The Morgan fingerprint density at radius 2 is 1.83 bits per heavy atom. The Hall–Kier alpha value is -2.60. The quantitative estimate of drug-likeness (QED) is 0.159. The van der Waals surface area contributed by atoms with Crippen LogP contribution in [0.25, 0.3) is 0 Å². The molecule has 0 saturated carbocycles. The highest BCUT2D eigenvalue weighted by Crippen LogP contribution is 2.29. The van der Waals surface area contributed by atoms with Gasteiger partial charge in [-0.1, -0.05) is 59.2 Å². The number of hydrogen-bond acceptors (Lipinski definition) is 5. The minimum atomic E-state index is -4.06. The standard InChI is InChI=1S/C15H12ClF3N4O.C11H22F3N.C2H6/c16-15-21-11-6-23(7-24)5-10(11)14(22-15)20-4-8-2-1-3-9(12(8)17)13(18)19;1-5-9(2)6-7-15(4)8-10(3)11(12,13)14;1-2/h1-3,7,13H,4-6H2,(H,20,21,22);9-10H,5-8H2,1-4H3;1-2H3. The lowest BCUT2D eigenvalue weighted by atomic mass is 10.0. The summed E-state index contributed by atoms with van der Waals surface area (Å²) < 4.78 is 76.3. The second-order valence-electron chi connectivity index (χ2n) is 9.76. The van der Waals surface area contributed by atoms with Gasteiger partial charge in [0.05, 0.1) is 30.3 Å². The number of aromatic nitrogens is 2. The maximum absolute atomic E-state index is 14.1. The zero-order valence-electron chi connectivity index (χ0n) is 24.3. The van der Waals surface area contributed by atoms with Gasteiger partial charge in [-0.15, -0.1) is 0 Å². The topological polar surface area (TPSA) is 61.4 Å². The predicted octanol–water partition coefficient (Wildman–Crippen LogP) is 7.87. The number of rotatable bonds is 11. The van der Waals surface area contributed by atoms with Crippen LogP contribution in [0.15, 0.2) is 18.2 Å². The van der Waals surface area contributed by atoms with Gasteiger partial charge in [0, 0.05) is 24.2 Å². The van der Waals surface area contributed by atoms with Crippen LogP contribution in [0.5, 0.6) is 0 Å². The van der Waals surface area contributed by atoms with Gasteiger partial charge in [0.25, 0.3) is 6.43 Å². The van der Waals surface area contributed by atoms with Gasteiger partial charge in [-0.2, -0.15) is 13.2 Å². The summed E-state index contributed by atoms with van der Waals surface area (Å²) in [6.45, 7) is 10.9. The van der Waals surface area contributed by atoms with Crippen molar-refractivity contribution in [3.05, 3.63) is 51.7 Å². The Labute approximate surface area is 243 Å². The zero-order valence-corrected chi connectivity index (χ0v) is 25.1. The van der Waals surface area contributed by atoms with Crippen LogP contribution < -0.4 is 5.32 Å². The number of benzene rings is 1.